The molecule has 16 heavy (non-hydrogen) atoms. The van der Waals surface area contributed by atoms with Gasteiger partial charge in [-0.15, -0.1) is 6.42 Å². The molecule has 2 nitrogen and oxygen atoms in total. The summed E-state index contributed by atoms with van der Waals surface area (Å²) in [6, 6.07) is 3.08. The maximum absolute atomic E-state index is 12.8. The van der Waals surface area contributed by atoms with Gasteiger partial charge in [-0.05, 0) is 6.92 Å². The van der Waals surface area contributed by atoms with Crippen molar-refractivity contribution < 1.29 is 13.5 Å². The zero-order valence-electron chi connectivity index (χ0n) is 8.97. The SMILES string of the molecule is C#CCNCC(C)Oc1cc(F)cc(F)c1. The average molecular weight is 225 g/mol. The van der Waals surface area contributed by atoms with E-state index in [-0.39, 0.29) is 11.9 Å². The van der Waals surface area contributed by atoms with Gasteiger partial charge in [0, 0.05) is 24.7 Å². The highest BCUT2D eigenvalue weighted by atomic mass is 19.1. The summed E-state index contributed by atoms with van der Waals surface area (Å²) >= 11 is 0. The van der Waals surface area contributed by atoms with Crippen LogP contribution in [0.5, 0.6) is 5.75 Å². The summed E-state index contributed by atoms with van der Waals surface area (Å²) in [5.74, 6) is 1.28. The van der Waals surface area contributed by atoms with Crippen molar-refractivity contribution in [2.24, 2.45) is 0 Å². The summed E-state index contributed by atoms with van der Waals surface area (Å²) in [6.45, 7) is 2.74. The topological polar surface area (TPSA) is 21.3 Å². The molecule has 1 unspecified atom stereocenters. The number of hydrogen-bond donors (Lipinski definition) is 1. The molecule has 0 heterocycles. The molecule has 4 heteroatoms. The minimum absolute atomic E-state index is 0.174. The van der Waals surface area contributed by atoms with Crippen LogP contribution in [-0.2, 0) is 0 Å². The van der Waals surface area contributed by atoms with E-state index < -0.39 is 11.6 Å². The Balaban J connectivity index is 2.49. The molecule has 0 saturated heterocycles. The second-order valence-electron chi connectivity index (χ2n) is 3.37. The van der Waals surface area contributed by atoms with Gasteiger partial charge in [-0.2, -0.15) is 0 Å². The summed E-state index contributed by atoms with van der Waals surface area (Å²) in [6.07, 6.45) is 4.84. The predicted octanol–water partition coefficient (Wildman–Crippen LogP) is 1.95. The molecule has 1 N–H and O–H groups in total. The van der Waals surface area contributed by atoms with Crippen LogP contribution in [-0.4, -0.2) is 19.2 Å². The van der Waals surface area contributed by atoms with E-state index in [0.717, 1.165) is 18.2 Å². The number of terminal acetylenes is 1. The van der Waals surface area contributed by atoms with Gasteiger partial charge in [-0.3, -0.25) is 0 Å². The first kappa shape index (κ1) is 12.5. The first-order chi connectivity index (χ1) is 7.61. The lowest BCUT2D eigenvalue weighted by atomic mass is 10.3. The number of halogens is 2. The van der Waals surface area contributed by atoms with Crippen molar-refractivity contribution in [2.45, 2.75) is 13.0 Å². The monoisotopic (exact) mass is 225 g/mol. The molecule has 86 valence electrons. The minimum atomic E-state index is -0.654. The fraction of sp³-hybridized carbons (Fsp3) is 0.333. The van der Waals surface area contributed by atoms with Crippen molar-refractivity contribution in [1.82, 2.24) is 5.32 Å². The van der Waals surface area contributed by atoms with Crippen LogP contribution < -0.4 is 10.1 Å². The molecule has 0 aliphatic carbocycles. The second kappa shape index (κ2) is 6.09. The molecular weight excluding hydrogens is 212 g/mol. The van der Waals surface area contributed by atoms with Gasteiger partial charge in [0.15, 0.2) is 0 Å². The van der Waals surface area contributed by atoms with Gasteiger partial charge in [-0.1, -0.05) is 5.92 Å². The normalized spacial score (nSPS) is 11.9. The number of ether oxygens (including phenoxy) is 1. The van der Waals surface area contributed by atoms with Gasteiger partial charge in [0.2, 0.25) is 0 Å². The van der Waals surface area contributed by atoms with Crippen LogP contribution in [0.4, 0.5) is 8.78 Å². The fourth-order valence-electron chi connectivity index (χ4n) is 1.22. The lowest BCUT2D eigenvalue weighted by Gasteiger charge is -2.14. The largest absolute Gasteiger partial charge is 0.489 e. The molecule has 0 aliphatic heterocycles. The fourth-order valence-corrected chi connectivity index (χ4v) is 1.22. The molecule has 0 fully saturated rings. The third-order valence-corrected chi connectivity index (χ3v) is 1.83. The van der Waals surface area contributed by atoms with Crippen LogP contribution in [0, 0.1) is 24.0 Å². The molecule has 1 atom stereocenters. The molecule has 1 rings (SSSR count). The standard InChI is InChI=1S/C12H13F2NO/c1-3-4-15-8-9(2)16-12-6-10(13)5-11(14)7-12/h1,5-7,9,15H,4,8H2,2H3. The van der Waals surface area contributed by atoms with Gasteiger partial charge in [-0.25, -0.2) is 8.78 Å². The van der Waals surface area contributed by atoms with E-state index in [0.29, 0.717) is 13.1 Å². The van der Waals surface area contributed by atoms with Crippen molar-refractivity contribution in [3.8, 4) is 18.1 Å². The Kier molecular flexibility index (Phi) is 4.74. The first-order valence-electron chi connectivity index (χ1n) is 4.88. The Labute approximate surface area is 93.6 Å². The lowest BCUT2D eigenvalue weighted by Crippen LogP contribution is -2.29. The highest BCUT2D eigenvalue weighted by Crippen LogP contribution is 2.16. The van der Waals surface area contributed by atoms with Crippen LogP contribution in [0.1, 0.15) is 6.92 Å². The van der Waals surface area contributed by atoms with Gasteiger partial charge in [0.05, 0.1) is 6.54 Å². The van der Waals surface area contributed by atoms with Crippen LogP contribution in [0.3, 0.4) is 0 Å². The molecule has 1 aromatic carbocycles. The van der Waals surface area contributed by atoms with E-state index in [9.17, 15) is 8.78 Å². The molecular formula is C12H13F2NO. The molecule has 0 aliphatic rings. The molecule has 1 aromatic rings. The highest BCUT2D eigenvalue weighted by molar-refractivity contribution is 5.24. The van der Waals surface area contributed by atoms with Crippen molar-refractivity contribution >= 4 is 0 Å². The van der Waals surface area contributed by atoms with Crippen molar-refractivity contribution in [2.75, 3.05) is 13.1 Å². The number of hydrogen-bond acceptors (Lipinski definition) is 2. The minimum Gasteiger partial charge on any atom is -0.489 e. The first-order valence-corrected chi connectivity index (χ1v) is 4.88. The maximum atomic E-state index is 12.8. The Morgan fingerprint density at radius 1 is 1.38 bits per heavy atom. The lowest BCUT2D eigenvalue weighted by molar-refractivity contribution is 0.217. The van der Waals surface area contributed by atoms with Crippen molar-refractivity contribution in [3.05, 3.63) is 29.8 Å². The zero-order chi connectivity index (χ0) is 12.0. The van der Waals surface area contributed by atoms with Gasteiger partial charge in [0.1, 0.15) is 23.5 Å². The Morgan fingerprint density at radius 2 is 2.00 bits per heavy atom. The molecule has 0 spiro atoms. The van der Waals surface area contributed by atoms with E-state index in [1.54, 1.807) is 6.92 Å². The smallest absolute Gasteiger partial charge is 0.129 e. The zero-order valence-corrected chi connectivity index (χ0v) is 8.97. The van der Waals surface area contributed by atoms with Crippen LogP contribution in [0.25, 0.3) is 0 Å². The third-order valence-electron chi connectivity index (χ3n) is 1.83. The number of benzene rings is 1. The van der Waals surface area contributed by atoms with Crippen molar-refractivity contribution in [1.29, 1.82) is 0 Å². The van der Waals surface area contributed by atoms with Crippen LogP contribution in [0.15, 0.2) is 18.2 Å². The summed E-state index contributed by atoms with van der Waals surface area (Å²) < 4.78 is 31.0. The molecule has 0 amide bonds. The molecule has 0 bridgehead atoms. The van der Waals surface area contributed by atoms with Crippen molar-refractivity contribution in [3.63, 3.8) is 0 Å². The second-order valence-corrected chi connectivity index (χ2v) is 3.37. The van der Waals surface area contributed by atoms with E-state index >= 15 is 0 Å². The quantitative estimate of drug-likeness (QED) is 0.611. The average Bonchev–Trinajstić information content (AvgIpc) is 2.16. The van der Waals surface area contributed by atoms with E-state index in [1.165, 1.54) is 0 Å². The van der Waals surface area contributed by atoms with Crippen LogP contribution >= 0.6 is 0 Å². The molecule has 0 aromatic heterocycles. The summed E-state index contributed by atoms with van der Waals surface area (Å²) in [7, 11) is 0. The van der Waals surface area contributed by atoms with Crippen LogP contribution in [0.2, 0.25) is 0 Å². The summed E-state index contributed by atoms with van der Waals surface area (Å²) in [5, 5.41) is 2.94. The molecule has 0 radical (unpaired) electrons. The molecule has 0 saturated carbocycles. The van der Waals surface area contributed by atoms with E-state index in [1.807, 2.05) is 0 Å². The maximum Gasteiger partial charge on any atom is 0.129 e. The third kappa shape index (κ3) is 4.28. The van der Waals surface area contributed by atoms with Gasteiger partial charge < -0.3 is 10.1 Å². The van der Waals surface area contributed by atoms with Gasteiger partial charge >= 0.3 is 0 Å². The number of rotatable bonds is 5. The Morgan fingerprint density at radius 3 is 2.56 bits per heavy atom. The highest BCUT2D eigenvalue weighted by Gasteiger charge is 2.06. The summed E-state index contributed by atoms with van der Waals surface area (Å²) in [4.78, 5) is 0. The predicted molar refractivity (Wildman–Crippen MR) is 58.2 cm³/mol. The number of nitrogens with one attached hydrogen (secondary N) is 1. The summed E-state index contributed by atoms with van der Waals surface area (Å²) in [5.41, 5.74) is 0. The Hall–Kier alpha value is -1.60. The Bertz CT molecular complexity index is 367. The van der Waals surface area contributed by atoms with E-state index in [4.69, 9.17) is 11.2 Å². The van der Waals surface area contributed by atoms with Gasteiger partial charge in [0.25, 0.3) is 0 Å². The van der Waals surface area contributed by atoms with E-state index in [2.05, 4.69) is 11.2 Å².